The van der Waals surface area contributed by atoms with Gasteiger partial charge < -0.3 is 4.74 Å². The normalized spacial score (nSPS) is 22.3. The third kappa shape index (κ3) is 2.96. The van der Waals surface area contributed by atoms with Crippen molar-refractivity contribution in [1.82, 2.24) is 4.90 Å². The van der Waals surface area contributed by atoms with Crippen LogP contribution in [-0.2, 0) is 14.3 Å². The largest absolute Gasteiger partial charge is 0.465 e. The lowest BCUT2D eigenvalue weighted by molar-refractivity contribution is -0.158. The molecule has 0 aromatic heterocycles. The van der Waals surface area contributed by atoms with E-state index in [2.05, 4.69) is 0 Å². The van der Waals surface area contributed by atoms with Gasteiger partial charge in [0.25, 0.3) is 11.8 Å². The molecule has 0 radical (unpaired) electrons. The molecule has 1 aromatic carbocycles. The SMILES string of the molecule is CCOC(=O)C1(C/C=C/CN2C(=O)c3ccccc3C2=O)CCCC1=O. The second-order valence-corrected chi connectivity index (χ2v) is 6.52. The fourth-order valence-electron chi connectivity index (χ4n) is 3.58. The number of amides is 2. The Hall–Kier alpha value is -2.76. The number of imide groups is 1. The van der Waals surface area contributed by atoms with E-state index in [0.717, 1.165) is 4.90 Å². The molecule has 2 amide bonds. The number of Topliss-reactive ketones (excluding diaryl/α,β-unsaturated/α-hetero) is 1. The molecule has 136 valence electrons. The third-order valence-electron chi connectivity index (χ3n) is 5.01. The molecule has 1 aromatic rings. The summed E-state index contributed by atoms with van der Waals surface area (Å²) in [5, 5.41) is 0. The number of carbonyl (C=O) groups is 4. The number of rotatable bonds is 6. The van der Waals surface area contributed by atoms with Crippen molar-refractivity contribution in [2.75, 3.05) is 13.2 Å². The first-order valence-electron chi connectivity index (χ1n) is 8.82. The minimum atomic E-state index is -1.12. The number of benzene rings is 1. The van der Waals surface area contributed by atoms with Gasteiger partial charge in [0.1, 0.15) is 5.41 Å². The summed E-state index contributed by atoms with van der Waals surface area (Å²) in [7, 11) is 0. The molecule has 0 spiro atoms. The van der Waals surface area contributed by atoms with Crippen molar-refractivity contribution >= 4 is 23.6 Å². The Morgan fingerprint density at radius 3 is 2.35 bits per heavy atom. The van der Waals surface area contributed by atoms with Crippen LogP contribution in [0, 0.1) is 5.41 Å². The van der Waals surface area contributed by atoms with Crippen LogP contribution in [-0.4, -0.2) is 41.6 Å². The number of hydrogen-bond acceptors (Lipinski definition) is 5. The number of allylic oxidation sites excluding steroid dienone is 1. The summed E-state index contributed by atoms with van der Waals surface area (Å²) in [4.78, 5) is 50.3. The summed E-state index contributed by atoms with van der Waals surface area (Å²) >= 11 is 0. The number of ketones is 1. The van der Waals surface area contributed by atoms with Gasteiger partial charge in [-0.15, -0.1) is 0 Å². The number of fused-ring (bicyclic) bond motifs is 1. The summed E-state index contributed by atoms with van der Waals surface area (Å²) < 4.78 is 5.09. The highest BCUT2D eigenvalue weighted by Gasteiger charge is 2.48. The number of esters is 1. The van der Waals surface area contributed by atoms with Gasteiger partial charge in [-0.25, -0.2) is 0 Å². The predicted octanol–water partition coefficient (Wildman–Crippen LogP) is 2.53. The molecule has 1 heterocycles. The highest BCUT2D eigenvalue weighted by atomic mass is 16.5. The molecule has 0 saturated heterocycles. The van der Waals surface area contributed by atoms with Crippen molar-refractivity contribution in [3.8, 4) is 0 Å². The average molecular weight is 355 g/mol. The van der Waals surface area contributed by atoms with E-state index in [1.54, 1.807) is 43.3 Å². The Kier molecular flexibility index (Phi) is 5.02. The van der Waals surface area contributed by atoms with Crippen LogP contribution in [0.5, 0.6) is 0 Å². The lowest BCUT2D eigenvalue weighted by Crippen LogP contribution is -2.36. The number of carbonyl (C=O) groups excluding carboxylic acids is 4. The first-order valence-corrected chi connectivity index (χ1v) is 8.82. The van der Waals surface area contributed by atoms with E-state index in [1.165, 1.54) is 0 Å². The summed E-state index contributed by atoms with van der Waals surface area (Å²) in [6, 6.07) is 6.70. The van der Waals surface area contributed by atoms with Gasteiger partial charge in [0.2, 0.25) is 0 Å². The van der Waals surface area contributed by atoms with Gasteiger partial charge in [-0.2, -0.15) is 0 Å². The van der Waals surface area contributed by atoms with Crippen molar-refractivity contribution in [2.45, 2.75) is 32.6 Å². The molecule has 1 unspecified atom stereocenters. The van der Waals surface area contributed by atoms with E-state index >= 15 is 0 Å². The number of ether oxygens (including phenoxy) is 1. The van der Waals surface area contributed by atoms with Crippen molar-refractivity contribution in [2.24, 2.45) is 5.41 Å². The zero-order chi connectivity index (χ0) is 18.7. The topological polar surface area (TPSA) is 80.8 Å². The molecule has 1 aliphatic heterocycles. The molecule has 6 heteroatoms. The van der Waals surface area contributed by atoms with E-state index in [1.807, 2.05) is 0 Å². The Labute approximate surface area is 151 Å². The molecule has 2 aliphatic rings. The molecular formula is C20H21NO5. The molecule has 6 nitrogen and oxygen atoms in total. The van der Waals surface area contributed by atoms with Gasteiger partial charge in [-0.05, 0) is 38.3 Å². The van der Waals surface area contributed by atoms with Crippen molar-refractivity contribution in [1.29, 1.82) is 0 Å². The Morgan fingerprint density at radius 1 is 1.15 bits per heavy atom. The smallest absolute Gasteiger partial charge is 0.319 e. The van der Waals surface area contributed by atoms with E-state index in [9.17, 15) is 19.2 Å². The quantitative estimate of drug-likeness (QED) is 0.339. The van der Waals surface area contributed by atoms with Crippen molar-refractivity contribution < 1.29 is 23.9 Å². The highest BCUT2D eigenvalue weighted by Crippen LogP contribution is 2.39. The van der Waals surface area contributed by atoms with Crippen LogP contribution in [0.4, 0.5) is 0 Å². The minimum Gasteiger partial charge on any atom is -0.465 e. The van der Waals surface area contributed by atoms with Crippen LogP contribution in [0.2, 0.25) is 0 Å². The molecule has 26 heavy (non-hydrogen) atoms. The summed E-state index contributed by atoms with van der Waals surface area (Å²) in [5.41, 5.74) is -0.311. The Balaban J connectivity index is 1.67. The Morgan fingerprint density at radius 2 is 1.81 bits per heavy atom. The standard InChI is InChI=1S/C20H21NO5/c1-2-26-19(25)20(12-7-10-16(20)22)11-5-6-13-21-17(23)14-8-3-4-9-15(14)18(21)24/h3-6,8-9H,2,7,10-13H2,1H3/b6-5+. The maximum Gasteiger partial charge on any atom is 0.319 e. The van der Waals surface area contributed by atoms with Gasteiger partial charge in [-0.3, -0.25) is 24.1 Å². The van der Waals surface area contributed by atoms with Crippen LogP contribution in [0.3, 0.4) is 0 Å². The predicted molar refractivity (Wildman–Crippen MR) is 93.5 cm³/mol. The van der Waals surface area contributed by atoms with Gasteiger partial charge in [-0.1, -0.05) is 24.3 Å². The first-order chi connectivity index (χ1) is 12.5. The van der Waals surface area contributed by atoms with Crippen LogP contribution >= 0.6 is 0 Å². The Bertz CT molecular complexity index is 762. The summed E-state index contributed by atoms with van der Waals surface area (Å²) in [6.07, 6.45) is 5.11. The highest BCUT2D eigenvalue weighted by molar-refractivity contribution is 6.21. The molecule has 1 fully saturated rings. The van der Waals surface area contributed by atoms with Crippen molar-refractivity contribution in [3.05, 3.63) is 47.5 Å². The van der Waals surface area contributed by atoms with Crippen LogP contribution in [0.15, 0.2) is 36.4 Å². The second kappa shape index (κ2) is 7.23. The number of hydrogen-bond donors (Lipinski definition) is 0. The maximum absolute atomic E-state index is 12.3. The zero-order valence-corrected chi connectivity index (χ0v) is 14.7. The molecule has 1 atom stereocenters. The average Bonchev–Trinajstić information content (AvgIpc) is 3.13. The molecule has 1 saturated carbocycles. The molecule has 0 bridgehead atoms. The van der Waals surface area contributed by atoms with Crippen LogP contribution in [0.1, 0.15) is 53.3 Å². The van der Waals surface area contributed by atoms with E-state index in [0.29, 0.717) is 30.4 Å². The van der Waals surface area contributed by atoms with Gasteiger partial charge in [0.05, 0.1) is 17.7 Å². The zero-order valence-electron chi connectivity index (χ0n) is 14.7. The van der Waals surface area contributed by atoms with Gasteiger partial charge >= 0.3 is 5.97 Å². The molecule has 0 N–H and O–H groups in total. The lowest BCUT2D eigenvalue weighted by atomic mass is 9.81. The van der Waals surface area contributed by atoms with Crippen LogP contribution < -0.4 is 0 Å². The maximum atomic E-state index is 12.3. The fourth-order valence-corrected chi connectivity index (χ4v) is 3.58. The van der Waals surface area contributed by atoms with E-state index in [-0.39, 0.29) is 37.2 Å². The first kappa shape index (κ1) is 18.0. The summed E-state index contributed by atoms with van der Waals surface area (Å²) in [5.74, 6) is -1.23. The van der Waals surface area contributed by atoms with E-state index < -0.39 is 11.4 Å². The van der Waals surface area contributed by atoms with Gasteiger partial charge in [0.15, 0.2) is 5.78 Å². The van der Waals surface area contributed by atoms with Crippen LogP contribution in [0.25, 0.3) is 0 Å². The lowest BCUT2D eigenvalue weighted by Gasteiger charge is -2.23. The number of nitrogens with zero attached hydrogens (tertiary/aromatic N) is 1. The van der Waals surface area contributed by atoms with Crippen molar-refractivity contribution in [3.63, 3.8) is 0 Å². The monoisotopic (exact) mass is 355 g/mol. The van der Waals surface area contributed by atoms with Gasteiger partial charge in [0, 0.05) is 13.0 Å². The molecule has 1 aliphatic carbocycles. The second-order valence-electron chi connectivity index (χ2n) is 6.52. The molecular weight excluding hydrogens is 334 g/mol. The molecule has 3 rings (SSSR count). The van der Waals surface area contributed by atoms with E-state index in [4.69, 9.17) is 4.74 Å². The third-order valence-corrected chi connectivity index (χ3v) is 5.01. The fraction of sp³-hybridized carbons (Fsp3) is 0.400. The minimum absolute atomic E-state index is 0.0960. The summed E-state index contributed by atoms with van der Waals surface area (Å²) in [6.45, 7) is 2.05.